The lowest BCUT2D eigenvalue weighted by Crippen LogP contribution is -2.49. The van der Waals surface area contributed by atoms with E-state index in [9.17, 15) is 4.79 Å². The fourth-order valence-electron chi connectivity index (χ4n) is 2.69. The van der Waals surface area contributed by atoms with Crippen LogP contribution in [0.4, 0.5) is 0 Å². The van der Waals surface area contributed by atoms with Gasteiger partial charge in [-0.15, -0.1) is 11.3 Å². The summed E-state index contributed by atoms with van der Waals surface area (Å²) < 4.78 is 12.0. The number of fused-ring (bicyclic) bond motifs is 1. The van der Waals surface area contributed by atoms with E-state index < -0.39 is 0 Å². The Morgan fingerprint density at radius 2 is 2.05 bits per heavy atom. The molecule has 1 amide bonds. The zero-order valence-corrected chi connectivity index (χ0v) is 12.0. The molecule has 1 saturated carbocycles. The number of amides is 1. The minimum Gasteiger partial charge on any atom is -0.373 e. The van der Waals surface area contributed by atoms with Gasteiger partial charge in [0.05, 0.1) is 34.6 Å². The minimum atomic E-state index is -0.0444. The number of hydrogen-bond donors (Lipinski definition) is 1. The van der Waals surface area contributed by atoms with E-state index in [0.29, 0.717) is 22.4 Å². The van der Waals surface area contributed by atoms with Crippen molar-refractivity contribution in [3.8, 4) is 0 Å². The predicted octanol–water partition coefficient (Wildman–Crippen LogP) is 2.47. The van der Waals surface area contributed by atoms with Crippen LogP contribution >= 0.6 is 22.9 Å². The summed E-state index contributed by atoms with van der Waals surface area (Å²) in [4.78, 5) is 12.7. The van der Waals surface area contributed by atoms with E-state index in [1.54, 1.807) is 12.1 Å². The second-order valence-corrected chi connectivity index (χ2v) is 6.62. The van der Waals surface area contributed by atoms with E-state index in [-0.39, 0.29) is 24.2 Å². The molecule has 0 aromatic carbocycles. The zero-order chi connectivity index (χ0) is 13.2. The number of thiophene rings is 1. The lowest BCUT2D eigenvalue weighted by atomic mass is 9.89. The predicted molar refractivity (Wildman–Crippen MR) is 73.9 cm³/mol. The lowest BCUT2D eigenvalue weighted by molar-refractivity contribution is -0.157. The van der Waals surface area contributed by atoms with Crippen LogP contribution < -0.4 is 5.32 Å². The van der Waals surface area contributed by atoms with Gasteiger partial charge < -0.3 is 14.8 Å². The average molecular weight is 302 g/mol. The molecule has 0 radical (unpaired) electrons. The Balaban J connectivity index is 1.57. The minimum absolute atomic E-state index is 0.0444. The van der Waals surface area contributed by atoms with Crippen molar-refractivity contribution >= 4 is 28.8 Å². The van der Waals surface area contributed by atoms with Crippen LogP contribution in [0.25, 0.3) is 0 Å². The molecule has 0 spiro atoms. The summed E-state index contributed by atoms with van der Waals surface area (Å²) >= 11 is 7.14. The molecular weight excluding hydrogens is 286 g/mol. The van der Waals surface area contributed by atoms with E-state index in [1.807, 2.05) is 0 Å². The highest BCUT2D eigenvalue weighted by atomic mass is 35.5. The Labute approximate surface area is 121 Å². The van der Waals surface area contributed by atoms with Gasteiger partial charge in [0.25, 0.3) is 5.91 Å². The first-order valence-corrected chi connectivity index (χ1v) is 7.71. The van der Waals surface area contributed by atoms with E-state index >= 15 is 0 Å². The second kappa shape index (κ2) is 5.79. The van der Waals surface area contributed by atoms with E-state index in [4.69, 9.17) is 21.1 Å². The van der Waals surface area contributed by atoms with Gasteiger partial charge in [-0.3, -0.25) is 4.79 Å². The standard InChI is InChI=1S/C13H16ClNO3S/c14-12-4-3-11(19-12)13(16)15-8-1-2-9-10(7-8)18-6-5-17-9/h3-4,8-10H,1-2,5-7H2,(H,15,16)/t8-,9+,10-/m1/s1. The first-order valence-electron chi connectivity index (χ1n) is 6.52. The maximum absolute atomic E-state index is 12.1. The molecule has 0 bridgehead atoms. The van der Waals surface area contributed by atoms with Crippen LogP contribution in [0.15, 0.2) is 12.1 Å². The number of hydrogen-bond acceptors (Lipinski definition) is 4. The molecular formula is C13H16ClNO3S. The molecule has 1 N–H and O–H groups in total. The van der Waals surface area contributed by atoms with E-state index in [2.05, 4.69) is 5.32 Å². The Morgan fingerprint density at radius 1 is 1.26 bits per heavy atom. The van der Waals surface area contributed by atoms with Crippen molar-refractivity contribution in [2.75, 3.05) is 13.2 Å². The molecule has 1 aliphatic heterocycles. The van der Waals surface area contributed by atoms with Gasteiger partial charge in [-0.1, -0.05) is 11.6 Å². The average Bonchev–Trinajstić information content (AvgIpc) is 2.85. The van der Waals surface area contributed by atoms with Crippen molar-refractivity contribution in [1.29, 1.82) is 0 Å². The van der Waals surface area contributed by atoms with Crippen LogP contribution in [-0.2, 0) is 9.47 Å². The third-order valence-corrected chi connectivity index (χ3v) is 4.84. The Bertz CT molecular complexity index is 464. The summed E-state index contributed by atoms with van der Waals surface area (Å²) in [5, 5.41) is 3.06. The SMILES string of the molecule is O=C(N[C@@H]1CC[C@@H]2OCCO[C@@H]2C1)c1ccc(Cl)s1. The molecule has 1 aliphatic carbocycles. The molecule has 6 heteroatoms. The second-order valence-electron chi connectivity index (χ2n) is 4.91. The number of carbonyl (C=O) groups is 1. The molecule has 2 aliphatic rings. The van der Waals surface area contributed by atoms with Gasteiger partial charge >= 0.3 is 0 Å². The fraction of sp³-hybridized carbons (Fsp3) is 0.615. The van der Waals surface area contributed by atoms with Gasteiger partial charge in [0, 0.05) is 6.04 Å². The molecule has 0 unspecified atom stereocenters. The van der Waals surface area contributed by atoms with Crippen LogP contribution in [0.3, 0.4) is 0 Å². The summed E-state index contributed by atoms with van der Waals surface area (Å²) in [7, 11) is 0. The molecule has 1 saturated heterocycles. The normalized spacial score (nSPS) is 30.7. The fourth-order valence-corrected chi connectivity index (χ4v) is 3.64. The van der Waals surface area contributed by atoms with Crippen LogP contribution in [-0.4, -0.2) is 37.4 Å². The molecule has 1 aromatic rings. The maximum Gasteiger partial charge on any atom is 0.261 e. The van der Waals surface area contributed by atoms with Crippen molar-refractivity contribution < 1.29 is 14.3 Å². The zero-order valence-electron chi connectivity index (χ0n) is 10.4. The number of halogens is 1. The summed E-state index contributed by atoms with van der Waals surface area (Å²) in [5.74, 6) is -0.0444. The van der Waals surface area contributed by atoms with Gasteiger partial charge in [0.1, 0.15) is 0 Å². The van der Waals surface area contributed by atoms with Gasteiger partial charge in [0.2, 0.25) is 0 Å². The molecule has 4 nitrogen and oxygen atoms in total. The van der Waals surface area contributed by atoms with E-state index in [0.717, 1.165) is 19.3 Å². The first kappa shape index (κ1) is 13.4. The monoisotopic (exact) mass is 301 g/mol. The maximum atomic E-state index is 12.1. The van der Waals surface area contributed by atoms with Gasteiger partial charge in [-0.2, -0.15) is 0 Å². The van der Waals surface area contributed by atoms with E-state index in [1.165, 1.54) is 11.3 Å². The quantitative estimate of drug-likeness (QED) is 0.913. The van der Waals surface area contributed by atoms with Gasteiger partial charge in [-0.25, -0.2) is 0 Å². The number of carbonyl (C=O) groups excluding carboxylic acids is 1. The van der Waals surface area contributed by atoms with Crippen molar-refractivity contribution in [3.05, 3.63) is 21.3 Å². The molecule has 2 fully saturated rings. The summed E-state index contributed by atoms with van der Waals surface area (Å²) in [6, 6.07) is 3.67. The number of rotatable bonds is 2. The topological polar surface area (TPSA) is 47.6 Å². The Morgan fingerprint density at radius 3 is 2.79 bits per heavy atom. The molecule has 2 heterocycles. The number of nitrogens with one attached hydrogen (secondary N) is 1. The Hall–Kier alpha value is -0.620. The van der Waals surface area contributed by atoms with Crippen molar-refractivity contribution in [2.45, 2.75) is 37.5 Å². The summed E-state index contributed by atoms with van der Waals surface area (Å²) in [6.45, 7) is 1.34. The van der Waals surface area contributed by atoms with Crippen molar-refractivity contribution in [1.82, 2.24) is 5.32 Å². The molecule has 1 aromatic heterocycles. The summed E-state index contributed by atoms with van der Waals surface area (Å²) in [5.41, 5.74) is 0. The highest BCUT2D eigenvalue weighted by Crippen LogP contribution is 2.27. The van der Waals surface area contributed by atoms with Crippen LogP contribution in [0.5, 0.6) is 0 Å². The molecule has 19 heavy (non-hydrogen) atoms. The van der Waals surface area contributed by atoms with Crippen LogP contribution in [0.2, 0.25) is 4.34 Å². The molecule has 104 valence electrons. The molecule has 3 atom stereocenters. The first-order chi connectivity index (χ1) is 9.22. The van der Waals surface area contributed by atoms with Crippen LogP contribution in [0.1, 0.15) is 28.9 Å². The van der Waals surface area contributed by atoms with Crippen molar-refractivity contribution in [3.63, 3.8) is 0 Å². The largest absolute Gasteiger partial charge is 0.373 e. The lowest BCUT2D eigenvalue weighted by Gasteiger charge is -2.39. The smallest absolute Gasteiger partial charge is 0.261 e. The highest BCUT2D eigenvalue weighted by Gasteiger charge is 2.34. The van der Waals surface area contributed by atoms with Gasteiger partial charge in [0.15, 0.2) is 0 Å². The van der Waals surface area contributed by atoms with Crippen LogP contribution in [0, 0.1) is 0 Å². The highest BCUT2D eigenvalue weighted by molar-refractivity contribution is 7.17. The Kier molecular flexibility index (Phi) is 4.07. The number of ether oxygens (including phenoxy) is 2. The van der Waals surface area contributed by atoms with Crippen molar-refractivity contribution in [2.24, 2.45) is 0 Å². The summed E-state index contributed by atoms with van der Waals surface area (Å²) in [6.07, 6.45) is 3.05. The molecule has 3 rings (SSSR count). The third kappa shape index (κ3) is 3.11. The third-order valence-electron chi connectivity index (χ3n) is 3.61. The van der Waals surface area contributed by atoms with Gasteiger partial charge in [-0.05, 0) is 31.4 Å².